The zero-order chi connectivity index (χ0) is 12.6. The second-order valence-electron chi connectivity index (χ2n) is 4.53. The minimum absolute atomic E-state index is 0.378. The fourth-order valence-electron chi connectivity index (χ4n) is 1.01. The van der Waals surface area contributed by atoms with Crippen molar-refractivity contribution in [3.63, 3.8) is 0 Å². The first-order chi connectivity index (χ1) is 7.39. The summed E-state index contributed by atoms with van der Waals surface area (Å²) in [7, 11) is 0. The fraction of sp³-hybridized carbons (Fsp3) is 0.615. The van der Waals surface area contributed by atoms with Gasteiger partial charge in [0.2, 0.25) is 0 Å². The second-order valence-corrected chi connectivity index (χ2v) is 4.53. The maximum atomic E-state index is 11.4. The van der Waals surface area contributed by atoms with Crippen LogP contribution in [0.3, 0.4) is 0 Å². The Labute approximate surface area is 98.6 Å². The van der Waals surface area contributed by atoms with Crippen LogP contribution in [0.15, 0.2) is 23.8 Å². The van der Waals surface area contributed by atoms with Crippen molar-refractivity contribution in [2.24, 2.45) is 0 Å². The highest BCUT2D eigenvalue weighted by Gasteiger charge is 2.15. The Bertz CT molecular complexity index is 272. The Balaban J connectivity index is 4.04. The van der Waals surface area contributed by atoms with Gasteiger partial charge in [-0.2, -0.15) is 0 Å². The van der Waals surface area contributed by atoms with Gasteiger partial charge in [0.05, 0.1) is 0 Å². The van der Waals surface area contributed by atoms with Crippen molar-refractivity contribution in [3.8, 4) is 0 Å². The van der Waals surface area contributed by atoms with E-state index in [0.29, 0.717) is 6.54 Å². The summed E-state index contributed by atoms with van der Waals surface area (Å²) >= 11 is 0. The van der Waals surface area contributed by atoms with Crippen LogP contribution in [0.25, 0.3) is 0 Å². The molecule has 92 valence electrons. The predicted octanol–water partition coefficient (Wildman–Crippen LogP) is 3.42. The molecule has 0 spiro atoms. The minimum atomic E-state index is -0.445. The molecular weight excluding hydrogens is 202 g/mol. The first kappa shape index (κ1) is 14.8. The van der Waals surface area contributed by atoms with Gasteiger partial charge in [-0.25, -0.2) is 4.79 Å². The van der Waals surface area contributed by atoms with Gasteiger partial charge in [-0.3, -0.25) is 0 Å². The van der Waals surface area contributed by atoms with Crippen LogP contribution in [0.5, 0.6) is 0 Å². The SMILES string of the molecule is C/C=C(/C=C\CC)CNC(=O)OC(C)(C)C. The van der Waals surface area contributed by atoms with Crippen molar-refractivity contribution in [1.29, 1.82) is 0 Å². The van der Waals surface area contributed by atoms with Crippen LogP contribution in [0.4, 0.5) is 4.79 Å². The van der Waals surface area contributed by atoms with Crippen molar-refractivity contribution in [2.45, 2.75) is 46.6 Å². The van der Waals surface area contributed by atoms with E-state index >= 15 is 0 Å². The van der Waals surface area contributed by atoms with Crippen LogP contribution >= 0.6 is 0 Å². The molecule has 0 fully saturated rings. The zero-order valence-electron chi connectivity index (χ0n) is 11.0. The van der Waals surface area contributed by atoms with E-state index in [-0.39, 0.29) is 6.09 Å². The van der Waals surface area contributed by atoms with E-state index in [9.17, 15) is 4.79 Å². The van der Waals surface area contributed by atoms with Gasteiger partial charge >= 0.3 is 6.09 Å². The monoisotopic (exact) mass is 225 g/mol. The Morgan fingerprint density at radius 2 is 2.00 bits per heavy atom. The largest absolute Gasteiger partial charge is 0.444 e. The average Bonchev–Trinajstić information content (AvgIpc) is 2.15. The lowest BCUT2D eigenvalue weighted by Gasteiger charge is -2.19. The van der Waals surface area contributed by atoms with Gasteiger partial charge in [0.15, 0.2) is 0 Å². The number of rotatable bonds is 4. The number of ether oxygens (including phenoxy) is 1. The van der Waals surface area contributed by atoms with Gasteiger partial charge in [0.1, 0.15) is 5.60 Å². The topological polar surface area (TPSA) is 38.3 Å². The summed E-state index contributed by atoms with van der Waals surface area (Å²) in [6.45, 7) is 10.1. The number of alkyl carbamates (subject to hydrolysis) is 1. The highest BCUT2D eigenvalue weighted by atomic mass is 16.6. The maximum absolute atomic E-state index is 11.4. The average molecular weight is 225 g/mol. The number of carbonyl (C=O) groups is 1. The molecule has 0 rings (SSSR count). The quantitative estimate of drug-likeness (QED) is 0.744. The van der Waals surface area contributed by atoms with Gasteiger partial charge in [0, 0.05) is 6.54 Å². The lowest BCUT2D eigenvalue weighted by atomic mass is 10.2. The molecule has 3 heteroatoms. The number of carbonyl (C=O) groups excluding carboxylic acids is 1. The van der Waals surface area contributed by atoms with E-state index in [0.717, 1.165) is 12.0 Å². The van der Waals surface area contributed by atoms with E-state index in [2.05, 4.69) is 18.3 Å². The van der Waals surface area contributed by atoms with Gasteiger partial charge in [-0.15, -0.1) is 0 Å². The molecule has 1 amide bonds. The molecule has 0 saturated carbocycles. The fourth-order valence-corrected chi connectivity index (χ4v) is 1.01. The minimum Gasteiger partial charge on any atom is -0.444 e. The van der Waals surface area contributed by atoms with Gasteiger partial charge < -0.3 is 10.1 Å². The van der Waals surface area contributed by atoms with Crippen molar-refractivity contribution >= 4 is 6.09 Å². The molecule has 0 saturated heterocycles. The van der Waals surface area contributed by atoms with Crippen molar-refractivity contribution in [2.75, 3.05) is 6.54 Å². The molecule has 0 radical (unpaired) electrons. The molecule has 0 atom stereocenters. The zero-order valence-corrected chi connectivity index (χ0v) is 11.0. The number of amides is 1. The highest BCUT2D eigenvalue weighted by Crippen LogP contribution is 2.06. The summed E-state index contributed by atoms with van der Waals surface area (Å²) in [6.07, 6.45) is 6.66. The Kier molecular flexibility index (Phi) is 6.54. The van der Waals surface area contributed by atoms with E-state index in [1.807, 2.05) is 39.8 Å². The second kappa shape index (κ2) is 7.09. The molecule has 1 N–H and O–H groups in total. The Morgan fingerprint density at radius 1 is 1.38 bits per heavy atom. The van der Waals surface area contributed by atoms with Gasteiger partial charge in [-0.1, -0.05) is 25.2 Å². The van der Waals surface area contributed by atoms with E-state index in [1.165, 1.54) is 0 Å². The standard InChI is InChI=1S/C13H23NO2/c1-6-8-9-11(7-2)10-14-12(15)16-13(3,4)5/h7-9H,6,10H2,1-5H3,(H,14,15)/b9-8-,11-7-. The van der Waals surface area contributed by atoms with Gasteiger partial charge in [-0.05, 0) is 39.7 Å². The number of hydrogen-bond donors (Lipinski definition) is 1. The first-order valence-corrected chi connectivity index (χ1v) is 5.67. The molecule has 0 aromatic carbocycles. The lowest BCUT2D eigenvalue weighted by Crippen LogP contribution is -2.33. The highest BCUT2D eigenvalue weighted by molar-refractivity contribution is 5.68. The molecule has 0 aliphatic rings. The summed E-state index contributed by atoms with van der Waals surface area (Å²) < 4.78 is 5.14. The third-order valence-corrected chi connectivity index (χ3v) is 1.77. The van der Waals surface area contributed by atoms with Crippen molar-refractivity contribution in [1.82, 2.24) is 5.32 Å². The molecule has 0 bridgehead atoms. The van der Waals surface area contributed by atoms with Crippen LogP contribution in [0.2, 0.25) is 0 Å². The third-order valence-electron chi connectivity index (χ3n) is 1.77. The normalized spacial score (nSPS) is 12.9. The van der Waals surface area contributed by atoms with Crippen molar-refractivity contribution in [3.05, 3.63) is 23.8 Å². The molecule has 3 nitrogen and oxygen atoms in total. The van der Waals surface area contributed by atoms with Crippen LogP contribution in [0.1, 0.15) is 41.0 Å². The van der Waals surface area contributed by atoms with E-state index in [1.54, 1.807) is 0 Å². The molecule has 0 aliphatic carbocycles. The summed E-state index contributed by atoms with van der Waals surface area (Å²) in [5.74, 6) is 0. The van der Waals surface area contributed by atoms with E-state index < -0.39 is 5.60 Å². The molecule has 0 aromatic rings. The molecule has 0 aliphatic heterocycles. The molecule has 16 heavy (non-hydrogen) atoms. The van der Waals surface area contributed by atoms with E-state index in [4.69, 9.17) is 4.74 Å². The Hall–Kier alpha value is -1.25. The number of hydrogen-bond acceptors (Lipinski definition) is 2. The van der Waals surface area contributed by atoms with Crippen molar-refractivity contribution < 1.29 is 9.53 Å². The summed E-state index contributed by atoms with van der Waals surface area (Å²) in [4.78, 5) is 11.4. The van der Waals surface area contributed by atoms with Gasteiger partial charge in [0.25, 0.3) is 0 Å². The summed E-state index contributed by atoms with van der Waals surface area (Å²) in [5, 5.41) is 2.72. The number of nitrogens with one attached hydrogen (secondary N) is 1. The maximum Gasteiger partial charge on any atom is 0.407 e. The Morgan fingerprint density at radius 3 is 2.44 bits per heavy atom. The third kappa shape index (κ3) is 8.09. The lowest BCUT2D eigenvalue weighted by molar-refractivity contribution is 0.0533. The molecule has 0 heterocycles. The van der Waals surface area contributed by atoms with Crippen LogP contribution < -0.4 is 5.32 Å². The van der Waals surface area contributed by atoms with Crippen LogP contribution in [0, 0.1) is 0 Å². The molecule has 0 unspecified atom stereocenters. The smallest absolute Gasteiger partial charge is 0.407 e. The molecule has 0 aromatic heterocycles. The molecular formula is C13H23NO2. The summed E-state index contributed by atoms with van der Waals surface area (Å²) in [6, 6.07) is 0. The first-order valence-electron chi connectivity index (χ1n) is 5.67. The van der Waals surface area contributed by atoms with Crippen LogP contribution in [-0.4, -0.2) is 18.2 Å². The summed E-state index contributed by atoms with van der Waals surface area (Å²) in [5.41, 5.74) is 0.632. The number of allylic oxidation sites excluding steroid dienone is 2. The van der Waals surface area contributed by atoms with Crippen LogP contribution in [-0.2, 0) is 4.74 Å². The predicted molar refractivity (Wildman–Crippen MR) is 67.4 cm³/mol.